The van der Waals surface area contributed by atoms with Gasteiger partial charge in [-0.2, -0.15) is 0 Å². The van der Waals surface area contributed by atoms with Crippen molar-refractivity contribution in [3.05, 3.63) is 42.0 Å². The Labute approximate surface area is 122 Å². The molecule has 0 saturated carbocycles. The van der Waals surface area contributed by atoms with E-state index in [4.69, 9.17) is 14.2 Å². The number of carbonyl (C=O) groups is 2. The highest BCUT2D eigenvalue weighted by Gasteiger charge is 2.18. The summed E-state index contributed by atoms with van der Waals surface area (Å²) in [6.07, 6.45) is -0.849. The predicted molar refractivity (Wildman–Crippen MR) is 77.6 cm³/mol. The van der Waals surface area contributed by atoms with Gasteiger partial charge in [-0.1, -0.05) is 24.3 Å². The Morgan fingerprint density at radius 2 is 1.57 bits per heavy atom. The minimum atomic E-state index is -0.849. The molecule has 2 aromatic carbocycles. The molecule has 0 atom stereocenters. The van der Waals surface area contributed by atoms with E-state index in [9.17, 15) is 9.59 Å². The van der Waals surface area contributed by atoms with E-state index in [1.54, 1.807) is 26.0 Å². The molecule has 0 heterocycles. The SMILES string of the molecule is CCOC(=O)Oc1cc2ccccc2cc1C(=O)OCC. The zero-order chi connectivity index (χ0) is 15.2. The Balaban J connectivity index is 2.45. The molecule has 0 saturated heterocycles. The van der Waals surface area contributed by atoms with Gasteiger partial charge in [-0.25, -0.2) is 9.59 Å². The van der Waals surface area contributed by atoms with Gasteiger partial charge in [-0.15, -0.1) is 0 Å². The van der Waals surface area contributed by atoms with Crippen molar-refractivity contribution in [1.82, 2.24) is 0 Å². The molecule has 0 bridgehead atoms. The van der Waals surface area contributed by atoms with Crippen LogP contribution in [-0.2, 0) is 9.47 Å². The summed E-state index contributed by atoms with van der Waals surface area (Å²) < 4.78 is 14.8. The van der Waals surface area contributed by atoms with Gasteiger partial charge in [0, 0.05) is 0 Å². The van der Waals surface area contributed by atoms with E-state index in [1.165, 1.54) is 0 Å². The van der Waals surface area contributed by atoms with Gasteiger partial charge in [0.1, 0.15) is 11.3 Å². The molecule has 0 aliphatic heterocycles. The van der Waals surface area contributed by atoms with Gasteiger partial charge in [-0.3, -0.25) is 0 Å². The van der Waals surface area contributed by atoms with Crippen molar-refractivity contribution in [2.45, 2.75) is 13.8 Å². The number of benzene rings is 2. The first-order valence-electron chi connectivity index (χ1n) is 6.70. The second-order valence-electron chi connectivity index (χ2n) is 4.20. The van der Waals surface area contributed by atoms with Gasteiger partial charge in [0.25, 0.3) is 0 Å². The third kappa shape index (κ3) is 3.51. The molecule has 0 radical (unpaired) electrons. The molecule has 0 unspecified atom stereocenters. The summed E-state index contributed by atoms with van der Waals surface area (Å²) >= 11 is 0. The van der Waals surface area contributed by atoms with E-state index in [2.05, 4.69) is 0 Å². The minimum absolute atomic E-state index is 0.130. The lowest BCUT2D eigenvalue weighted by molar-refractivity contribution is 0.0521. The molecule has 21 heavy (non-hydrogen) atoms. The number of hydrogen-bond acceptors (Lipinski definition) is 5. The van der Waals surface area contributed by atoms with E-state index in [0.717, 1.165) is 10.8 Å². The Bertz CT molecular complexity index is 663. The van der Waals surface area contributed by atoms with Crippen molar-refractivity contribution in [2.24, 2.45) is 0 Å². The lowest BCUT2D eigenvalue weighted by atomic mass is 10.1. The monoisotopic (exact) mass is 288 g/mol. The zero-order valence-electron chi connectivity index (χ0n) is 11.9. The van der Waals surface area contributed by atoms with Crippen LogP contribution in [0, 0.1) is 0 Å². The van der Waals surface area contributed by atoms with Gasteiger partial charge in [0.05, 0.1) is 13.2 Å². The van der Waals surface area contributed by atoms with Crippen LogP contribution in [0.3, 0.4) is 0 Å². The fourth-order valence-electron chi connectivity index (χ4n) is 1.91. The smallest absolute Gasteiger partial charge is 0.462 e. The molecule has 0 aromatic heterocycles. The zero-order valence-corrected chi connectivity index (χ0v) is 11.9. The second-order valence-corrected chi connectivity index (χ2v) is 4.20. The van der Waals surface area contributed by atoms with Crippen LogP contribution in [0.25, 0.3) is 10.8 Å². The molecular formula is C16H16O5. The van der Waals surface area contributed by atoms with E-state index in [0.29, 0.717) is 0 Å². The molecule has 5 nitrogen and oxygen atoms in total. The van der Waals surface area contributed by atoms with Crippen LogP contribution in [0.5, 0.6) is 5.75 Å². The number of fused-ring (bicyclic) bond motifs is 1. The highest BCUT2D eigenvalue weighted by molar-refractivity contribution is 5.99. The van der Waals surface area contributed by atoms with Crippen LogP contribution < -0.4 is 4.74 Å². The van der Waals surface area contributed by atoms with Gasteiger partial charge in [-0.05, 0) is 36.8 Å². The molecule has 2 aromatic rings. The van der Waals surface area contributed by atoms with Crippen LogP contribution in [0.4, 0.5) is 4.79 Å². The summed E-state index contributed by atoms with van der Waals surface area (Å²) in [6.45, 7) is 3.82. The number of carbonyl (C=O) groups excluding carboxylic acids is 2. The van der Waals surface area contributed by atoms with Crippen molar-refractivity contribution in [2.75, 3.05) is 13.2 Å². The number of rotatable bonds is 4. The maximum absolute atomic E-state index is 12.0. The van der Waals surface area contributed by atoms with Crippen LogP contribution in [0.1, 0.15) is 24.2 Å². The van der Waals surface area contributed by atoms with Crippen LogP contribution in [0.2, 0.25) is 0 Å². The first-order chi connectivity index (χ1) is 10.2. The highest BCUT2D eigenvalue weighted by Crippen LogP contribution is 2.27. The quantitative estimate of drug-likeness (QED) is 0.636. The molecule has 110 valence electrons. The minimum Gasteiger partial charge on any atom is -0.462 e. The maximum atomic E-state index is 12.0. The van der Waals surface area contributed by atoms with E-state index in [1.807, 2.05) is 24.3 Å². The predicted octanol–water partition coefficient (Wildman–Crippen LogP) is 3.55. The summed E-state index contributed by atoms with van der Waals surface area (Å²) in [5.74, 6) is -0.409. The van der Waals surface area contributed by atoms with E-state index < -0.39 is 12.1 Å². The Morgan fingerprint density at radius 1 is 0.952 bits per heavy atom. The Morgan fingerprint density at radius 3 is 2.19 bits per heavy atom. The van der Waals surface area contributed by atoms with Crippen molar-refractivity contribution < 1.29 is 23.8 Å². The Hall–Kier alpha value is -2.56. The standard InChI is InChI=1S/C16H16O5/c1-3-19-15(17)13-9-11-7-5-6-8-12(11)10-14(13)21-16(18)20-4-2/h5-10H,3-4H2,1-2H3. The van der Waals surface area contributed by atoms with Gasteiger partial charge in [0.15, 0.2) is 0 Å². The first kappa shape index (κ1) is 14.8. The molecule has 0 fully saturated rings. The fourth-order valence-corrected chi connectivity index (χ4v) is 1.91. The molecular weight excluding hydrogens is 272 g/mol. The van der Waals surface area contributed by atoms with Crippen LogP contribution in [-0.4, -0.2) is 25.3 Å². The molecule has 0 aliphatic carbocycles. The normalized spacial score (nSPS) is 10.2. The van der Waals surface area contributed by atoms with Crippen molar-refractivity contribution in [3.63, 3.8) is 0 Å². The summed E-state index contributed by atoms with van der Waals surface area (Å²) in [7, 11) is 0. The number of esters is 1. The van der Waals surface area contributed by atoms with Gasteiger partial charge in [0.2, 0.25) is 0 Å². The lowest BCUT2D eigenvalue weighted by Crippen LogP contribution is -2.14. The summed E-state index contributed by atoms with van der Waals surface area (Å²) in [6, 6.07) is 10.7. The first-order valence-corrected chi connectivity index (χ1v) is 6.70. The molecule has 2 rings (SSSR count). The molecule has 0 amide bonds. The highest BCUT2D eigenvalue weighted by atomic mass is 16.7. The largest absolute Gasteiger partial charge is 0.513 e. The topological polar surface area (TPSA) is 61.8 Å². The summed E-state index contributed by atoms with van der Waals surface area (Å²) in [5, 5.41) is 1.71. The Kier molecular flexibility index (Phi) is 4.77. The lowest BCUT2D eigenvalue weighted by Gasteiger charge is -2.11. The van der Waals surface area contributed by atoms with Crippen LogP contribution in [0.15, 0.2) is 36.4 Å². The fraction of sp³-hybridized carbons (Fsp3) is 0.250. The third-order valence-electron chi connectivity index (χ3n) is 2.80. The van der Waals surface area contributed by atoms with E-state index in [-0.39, 0.29) is 24.5 Å². The van der Waals surface area contributed by atoms with Crippen molar-refractivity contribution in [1.29, 1.82) is 0 Å². The van der Waals surface area contributed by atoms with Crippen LogP contribution >= 0.6 is 0 Å². The number of ether oxygens (including phenoxy) is 3. The molecule has 5 heteroatoms. The average Bonchev–Trinajstić information content (AvgIpc) is 2.47. The maximum Gasteiger partial charge on any atom is 0.513 e. The third-order valence-corrected chi connectivity index (χ3v) is 2.80. The number of hydrogen-bond donors (Lipinski definition) is 0. The average molecular weight is 288 g/mol. The molecule has 0 spiro atoms. The van der Waals surface area contributed by atoms with Crippen molar-refractivity contribution in [3.8, 4) is 5.75 Å². The van der Waals surface area contributed by atoms with Gasteiger partial charge < -0.3 is 14.2 Å². The second kappa shape index (κ2) is 6.74. The summed E-state index contributed by atoms with van der Waals surface area (Å²) in [4.78, 5) is 23.5. The van der Waals surface area contributed by atoms with Gasteiger partial charge >= 0.3 is 12.1 Å². The summed E-state index contributed by atoms with van der Waals surface area (Å²) in [5.41, 5.74) is 0.198. The van der Waals surface area contributed by atoms with E-state index >= 15 is 0 Å². The molecule has 0 N–H and O–H groups in total. The van der Waals surface area contributed by atoms with Crippen molar-refractivity contribution >= 4 is 22.9 Å². The molecule has 0 aliphatic rings.